The molecule has 1 aromatic heterocycles. The molecule has 0 fully saturated rings. The molecule has 13 heavy (non-hydrogen) atoms. The van der Waals surface area contributed by atoms with Gasteiger partial charge in [0.15, 0.2) is 0 Å². The van der Waals surface area contributed by atoms with E-state index in [9.17, 15) is 4.39 Å². The van der Waals surface area contributed by atoms with Crippen LogP contribution in [0.3, 0.4) is 0 Å². The van der Waals surface area contributed by atoms with Gasteiger partial charge in [0.2, 0.25) is 0 Å². The van der Waals surface area contributed by atoms with Crippen LogP contribution in [0, 0.1) is 9.52 Å². The van der Waals surface area contributed by atoms with Crippen molar-refractivity contribution in [2.24, 2.45) is 0 Å². The fourth-order valence-electron chi connectivity index (χ4n) is 1.16. The second-order valence-electron chi connectivity index (χ2n) is 2.54. The Morgan fingerprint density at radius 2 is 2.31 bits per heavy atom. The van der Waals surface area contributed by atoms with Crippen molar-refractivity contribution in [3.63, 3.8) is 0 Å². The summed E-state index contributed by atoms with van der Waals surface area (Å²) in [6.45, 7) is 0. The quantitative estimate of drug-likeness (QED) is 0.648. The molecule has 0 unspecified atom stereocenters. The summed E-state index contributed by atoms with van der Waals surface area (Å²) < 4.78 is 14.2. The van der Waals surface area contributed by atoms with Crippen molar-refractivity contribution in [2.45, 2.75) is 4.90 Å². The van der Waals surface area contributed by atoms with Crippen LogP contribution >= 0.6 is 34.4 Å². The molecule has 0 aliphatic heterocycles. The molecular formula is C8H6FIN2S. The molecule has 0 amide bonds. The van der Waals surface area contributed by atoms with Crippen molar-refractivity contribution >= 4 is 45.3 Å². The highest BCUT2D eigenvalue weighted by Gasteiger charge is 2.09. The summed E-state index contributed by atoms with van der Waals surface area (Å²) in [6, 6.07) is 3.41. The van der Waals surface area contributed by atoms with Gasteiger partial charge < -0.3 is 0 Å². The average molecular weight is 308 g/mol. The van der Waals surface area contributed by atoms with Gasteiger partial charge in [-0.3, -0.25) is 5.10 Å². The number of nitrogens with one attached hydrogen (secondary N) is 1. The monoisotopic (exact) mass is 308 g/mol. The smallest absolute Gasteiger partial charge is 0.136 e. The van der Waals surface area contributed by atoms with E-state index in [1.807, 2.05) is 34.9 Å². The molecule has 1 heterocycles. The zero-order valence-electron chi connectivity index (χ0n) is 6.77. The number of rotatable bonds is 1. The van der Waals surface area contributed by atoms with Gasteiger partial charge >= 0.3 is 0 Å². The minimum Gasteiger partial charge on any atom is -0.271 e. The van der Waals surface area contributed by atoms with Gasteiger partial charge in [0.1, 0.15) is 9.52 Å². The van der Waals surface area contributed by atoms with Crippen LogP contribution in [0.25, 0.3) is 10.9 Å². The Kier molecular flexibility index (Phi) is 2.46. The van der Waals surface area contributed by atoms with E-state index in [0.717, 1.165) is 8.60 Å². The third-order valence-electron chi connectivity index (χ3n) is 1.77. The molecule has 2 nitrogen and oxygen atoms in total. The minimum atomic E-state index is -0.208. The van der Waals surface area contributed by atoms with Gasteiger partial charge in [0, 0.05) is 4.90 Å². The topological polar surface area (TPSA) is 28.7 Å². The Morgan fingerprint density at radius 3 is 3.00 bits per heavy atom. The summed E-state index contributed by atoms with van der Waals surface area (Å²) in [5, 5.41) is 7.34. The molecule has 68 valence electrons. The normalized spacial score (nSPS) is 11.0. The van der Waals surface area contributed by atoms with Crippen molar-refractivity contribution in [2.75, 3.05) is 6.26 Å². The maximum absolute atomic E-state index is 13.4. The van der Waals surface area contributed by atoms with E-state index < -0.39 is 0 Å². The van der Waals surface area contributed by atoms with Crippen LogP contribution in [0.4, 0.5) is 4.39 Å². The molecule has 2 aromatic rings. The summed E-state index contributed by atoms with van der Waals surface area (Å²) in [6.07, 6.45) is 1.91. The van der Waals surface area contributed by atoms with Gasteiger partial charge in [-0.2, -0.15) is 5.10 Å². The first-order chi connectivity index (χ1) is 6.22. The molecule has 1 aromatic carbocycles. The van der Waals surface area contributed by atoms with E-state index in [1.165, 1.54) is 17.8 Å². The summed E-state index contributed by atoms with van der Waals surface area (Å²) in [5.74, 6) is -0.208. The van der Waals surface area contributed by atoms with Gasteiger partial charge in [0.05, 0.1) is 10.9 Å². The van der Waals surface area contributed by atoms with E-state index in [0.29, 0.717) is 10.9 Å². The molecule has 0 saturated carbocycles. The molecule has 0 spiro atoms. The number of benzene rings is 1. The molecule has 0 radical (unpaired) electrons. The Hall–Kier alpha value is -0.300. The minimum absolute atomic E-state index is 0.208. The highest BCUT2D eigenvalue weighted by atomic mass is 127. The van der Waals surface area contributed by atoms with Crippen molar-refractivity contribution in [3.8, 4) is 0 Å². The van der Waals surface area contributed by atoms with Gasteiger partial charge in [-0.1, -0.05) is 0 Å². The largest absolute Gasteiger partial charge is 0.271 e. The molecule has 0 bridgehead atoms. The number of nitrogens with zero attached hydrogens (tertiary/aromatic N) is 1. The lowest BCUT2D eigenvalue weighted by molar-refractivity contribution is 0.636. The van der Waals surface area contributed by atoms with Crippen LogP contribution in [0.5, 0.6) is 0 Å². The van der Waals surface area contributed by atoms with Crippen LogP contribution < -0.4 is 0 Å². The van der Waals surface area contributed by atoms with Crippen LogP contribution in [-0.4, -0.2) is 16.5 Å². The maximum atomic E-state index is 13.4. The third-order valence-corrected chi connectivity index (χ3v) is 3.26. The standard InChI is InChI=1S/C8H6FIN2S/c1-13-4-2-5(9)7-6(3-4)11-12-8(7)10/h2-3H,1H3,(H,11,12). The number of hydrogen-bond donors (Lipinski definition) is 1. The number of aromatic nitrogens is 2. The summed E-state index contributed by atoms with van der Waals surface area (Å²) in [4.78, 5) is 0.896. The van der Waals surface area contributed by atoms with E-state index >= 15 is 0 Å². The maximum Gasteiger partial charge on any atom is 0.136 e. The van der Waals surface area contributed by atoms with E-state index in [-0.39, 0.29) is 5.82 Å². The highest BCUT2D eigenvalue weighted by molar-refractivity contribution is 14.1. The molecule has 5 heteroatoms. The van der Waals surface area contributed by atoms with E-state index in [4.69, 9.17) is 0 Å². The third kappa shape index (κ3) is 1.54. The van der Waals surface area contributed by atoms with Gasteiger partial charge in [-0.05, 0) is 41.0 Å². The number of hydrogen-bond acceptors (Lipinski definition) is 2. The van der Waals surface area contributed by atoms with Crippen LogP contribution in [0.15, 0.2) is 17.0 Å². The molecule has 0 aliphatic rings. The number of halogens is 2. The van der Waals surface area contributed by atoms with Crippen LogP contribution in [0.2, 0.25) is 0 Å². The van der Waals surface area contributed by atoms with E-state index in [1.54, 1.807) is 0 Å². The van der Waals surface area contributed by atoms with Gasteiger partial charge in [-0.25, -0.2) is 4.39 Å². The fourth-order valence-corrected chi connectivity index (χ4v) is 2.26. The van der Waals surface area contributed by atoms with Gasteiger partial charge in [-0.15, -0.1) is 11.8 Å². The molecule has 0 saturated heterocycles. The first kappa shape index (κ1) is 9.26. The van der Waals surface area contributed by atoms with Crippen LogP contribution in [-0.2, 0) is 0 Å². The summed E-state index contributed by atoms with van der Waals surface area (Å²) >= 11 is 3.55. The van der Waals surface area contributed by atoms with Crippen molar-refractivity contribution in [3.05, 3.63) is 21.7 Å². The predicted octanol–water partition coefficient (Wildman–Crippen LogP) is 3.03. The Morgan fingerprint density at radius 1 is 1.54 bits per heavy atom. The Bertz CT molecular complexity index is 455. The number of H-pyrrole nitrogens is 1. The second kappa shape index (κ2) is 3.45. The highest BCUT2D eigenvalue weighted by Crippen LogP contribution is 2.26. The van der Waals surface area contributed by atoms with Crippen molar-refractivity contribution < 1.29 is 4.39 Å². The lowest BCUT2D eigenvalue weighted by Gasteiger charge is -1.97. The zero-order chi connectivity index (χ0) is 9.42. The molecule has 1 N–H and O–H groups in total. The first-order valence-electron chi connectivity index (χ1n) is 3.59. The van der Waals surface area contributed by atoms with E-state index in [2.05, 4.69) is 10.2 Å². The molecule has 2 rings (SSSR count). The number of thioether (sulfide) groups is 1. The van der Waals surface area contributed by atoms with Gasteiger partial charge in [0.25, 0.3) is 0 Å². The van der Waals surface area contributed by atoms with Crippen LogP contribution in [0.1, 0.15) is 0 Å². The average Bonchev–Trinajstić information content (AvgIpc) is 2.48. The number of fused-ring (bicyclic) bond motifs is 1. The lowest BCUT2D eigenvalue weighted by Crippen LogP contribution is -1.80. The zero-order valence-corrected chi connectivity index (χ0v) is 9.74. The lowest BCUT2D eigenvalue weighted by atomic mass is 10.2. The molecular weight excluding hydrogens is 302 g/mol. The molecule has 0 aliphatic carbocycles. The summed E-state index contributed by atoms with van der Waals surface area (Å²) in [7, 11) is 0. The molecule has 0 atom stereocenters. The Balaban J connectivity index is 2.79. The predicted molar refractivity (Wildman–Crippen MR) is 60.5 cm³/mol. The Labute approximate surface area is 92.4 Å². The number of aromatic amines is 1. The van der Waals surface area contributed by atoms with Crippen molar-refractivity contribution in [1.29, 1.82) is 0 Å². The SMILES string of the molecule is CSc1cc(F)c2c(I)[nH]nc2c1. The first-order valence-corrected chi connectivity index (χ1v) is 5.90. The van der Waals surface area contributed by atoms with Crippen molar-refractivity contribution in [1.82, 2.24) is 10.2 Å². The second-order valence-corrected chi connectivity index (χ2v) is 4.50. The fraction of sp³-hybridized carbons (Fsp3) is 0.125. The summed E-state index contributed by atoms with van der Waals surface area (Å²) in [5.41, 5.74) is 0.689.